The van der Waals surface area contributed by atoms with Crippen molar-refractivity contribution in [2.75, 3.05) is 26.2 Å². The molecular formula is C25H30N4O. The largest absolute Gasteiger partial charge is 0.336 e. The van der Waals surface area contributed by atoms with Crippen molar-refractivity contribution in [2.24, 2.45) is 0 Å². The average molecular weight is 403 g/mol. The second-order valence-corrected chi connectivity index (χ2v) is 8.02. The van der Waals surface area contributed by atoms with Crippen molar-refractivity contribution in [3.8, 4) is 5.69 Å². The minimum absolute atomic E-state index is 0.140. The van der Waals surface area contributed by atoms with Gasteiger partial charge in [0, 0.05) is 49.5 Å². The number of amides is 1. The molecule has 4 rings (SSSR count). The number of benzene rings is 2. The number of hydrogen-bond acceptors (Lipinski definition) is 3. The van der Waals surface area contributed by atoms with Crippen LogP contribution in [0.4, 0.5) is 0 Å². The molecule has 1 aliphatic heterocycles. The quantitative estimate of drug-likeness (QED) is 0.648. The van der Waals surface area contributed by atoms with E-state index in [-0.39, 0.29) is 5.91 Å². The predicted molar refractivity (Wildman–Crippen MR) is 120 cm³/mol. The minimum Gasteiger partial charge on any atom is -0.336 e. The van der Waals surface area contributed by atoms with Crippen LogP contribution in [0.3, 0.4) is 0 Å². The Morgan fingerprint density at radius 3 is 2.23 bits per heavy atom. The highest BCUT2D eigenvalue weighted by atomic mass is 16.2. The summed E-state index contributed by atoms with van der Waals surface area (Å²) in [5.74, 6) is 0.140. The van der Waals surface area contributed by atoms with Crippen molar-refractivity contribution in [3.05, 3.63) is 82.7 Å². The molecule has 0 radical (unpaired) electrons. The van der Waals surface area contributed by atoms with Gasteiger partial charge in [0.25, 0.3) is 5.91 Å². The van der Waals surface area contributed by atoms with Crippen LogP contribution in [0.1, 0.15) is 39.8 Å². The Hall–Kier alpha value is -2.92. The van der Waals surface area contributed by atoms with Crippen LogP contribution < -0.4 is 0 Å². The third kappa shape index (κ3) is 4.17. The van der Waals surface area contributed by atoms with Crippen molar-refractivity contribution >= 4 is 5.91 Å². The molecule has 1 fully saturated rings. The highest BCUT2D eigenvalue weighted by Crippen LogP contribution is 2.20. The van der Waals surface area contributed by atoms with Crippen molar-refractivity contribution in [3.63, 3.8) is 0 Å². The van der Waals surface area contributed by atoms with Crippen molar-refractivity contribution < 1.29 is 4.79 Å². The fourth-order valence-electron chi connectivity index (χ4n) is 4.12. The summed E-state index contributed by atoms with van der Waals surface area (Å²) in [7, 11) is 0. The standard InChI is InChI=1S/C25H30N4O/c1-4-21-10-12-22(13-11-21)25(30)28-16-14-27(15-17-28)18-24-19(2)26-29(20(24)3)23-8-6-5-7-9-23/h5-13H,4,14-18H2,1-3H3. The Labute approximate surface area is 178 Å². The molecule has 3 aromatic rings. The van der Waals surface area contributed by atoms with E-state index in [0.29, 0.717) is 0 Å². The Balaban J connectivity index is 1.39. The Kier molecular flexibility index (Phi) is 6.00. The van der Waals surface area contributed by atoms with E-state index in [0.717, 1.165) is 56.1 Å². The molecule has 2 aromatic carbocycles. The maximum atomic E-state index is 12.8. The summed E-state index contributed by atoms with van der Waals surface area (Å²) < 4.78 is 2.03. The van der Waals surface area contributed by atoms with E-state index in [1.807, 2.05) is 39.9 Å². The molecule has 0 atom stereocenters. The summed E-state index contributed by atoms with van der Waals surface area (Å²) in [5.41, 5.74) is 6.69. The summed E-state index contributed by atoms with van der Waals surface area (Å²) in [6.07, 6.45) is 0.993. The number of aromatic nitrogens is 2. The van der Waals surface area contributed by atoms with Gasteiger partial charge < -0.3 is 4.90 Å². The Bertz CT molecular complexity index is 1000. The predicted octanol–water partition coefficient (Wildman–Crippen LogP) is 4.01. The van der Waals surface area contributed by atoms with Crippen LogP contribution >= 0.6 is 0 Å². The molecular weight excluding hydrogens is 372 g/mol. The van der Waals surface area contributed by atoms with E-state index < -0.39 is 0 Å². The molecule has 0 bridgehead atoms. The van der Waals surface area contributed by atoms with E-state index in [1.54, 1.807) is 0 Å². The lowest BCUT2D eigenvalue weighted by Gasteiger charge is -2.34. The van der Waals surface area contributed by atoms with Crippen molar-refractivity contribution in [1.82, 2.24) is 19.6 Å². The molecule has 1 aromatic heterocycles. The number of piperazine rings is 1. The number of nitrogens with zero attached hydrogens (tertiary/aromatic N) is 4. The molecule has 30 heavy (non-hydrogen) atoms. The third-order valence-electron chi connectivity index (χ3n) is 6.09. The lowest BCUT2D eigenvalue weighted by atomic mass is 10.1. The second-order valence-electron chi connectivity index (χ2n) is 8.02. The summed E-state index contributed by atoms with van der Waals surface area (Å²) in [6, 6.07) is 18.3. The molecule has 0 unspecified atom stereocenters. The van der Waals surface area contributed by atoms with Gasteiger partial charge in [0.15, 0.2) is 0 Å². The van der Waals surface area contributed by atoms with E-state index in [9.17, 15) is 4.79 Å². The lowest BCUT2D eigenvalue weighted by molar-refractivity contribution is 0.0628. The van der Waals surface area contributed by atoms with Crippen LogP contribution in [0.5, 0.6) is 0 Å². The number of para-hydroxylation sites is 1. The molecule has 1 saturated heterocycles. The maximum absolute atomic E-state index is 12.8. The van der Waals surface area contributed by atoms with Crippen LogP contribution in [-0.2, 0) is 13.0 Å². The first-order chi connectivity index (χ1) is 14.6. The van der Waals surface area contributed by atoms with Gasteiger partial charge in [-0.3, -0.25) is 9.69 Å². The molecule has 0 aliphatic carbocycles. The first kappa shape index (κ1) is 20.4. The normalized spacial score (nSPS) is 14.8. The molecule has 0 spiro atoms. The monoisotopic (exact) mass is 402 g/mol. The average Bonchev–Trinajstić information content (AvgIpc) is 3.08. The molecule has 5 heteroatoms. The SMILES string of the molecule is CCc1ccc(C(=O)N2CCN(Cc3c(C)nn(-c4ccccc4)c3C)CC2)cc1. The van der Waals surface area contributed by atoms with Crippen LogP contribution in [0.2, 0.25) is 0 Å². The molecule has 5 nitrogen and oxygen atoms in total. The van der Waals surface area contributed by atoms with Crippen LogP contribution in [0.25, 0.3) is 5.69 Å². The van der Waals surface area contributed by atoms with Gasteiger partial charge in [-0.05, 0) is 50.1 Å². The maximum Gasteiger partial charge on any atom is 0.253 e. The first-order valence-electron chi connectivity index (χ1n) is 10.8. The van der Waals surface area contributed by atoms with Crippen LogP contribution in [0.15, 0.2) is 54.6 Å². The summed E-state index contributed by atoms with van der Waals surface area (Å²) in [5, 5.41) is 4.77. The van der Waals surface area contributed by atoms with Gasteiger partial charge in [-0.25, -0.2) is 4.68 Å². The van der Waals surface area contributed by atoms with Crippen LogP contribution in [0, 0.1) is 13.8 Å². The number of aryl methyl sites for hydroxylation is 2. The number of hydrogen-bond donors (Lipinski definition) is 0. The zero-order chi connectivity index (χ0) is 21.1. The van der Waals surface area contributed by atoms with Gasteiger partial charge in [-0.1, -0.05) is 37.3 Å². The third-order valence-corrected chi connectivity index (χ3v) is 6.09. The van der Waals surface area contributed by atoms with Crippen LogP contribution in [-0.4, -0.2) is 51.7 Å². The fourth-order valence-corrected chi connectivity index (χ4v) is 4.12. The Morgan fingerprint density at radius 2 is 1.60 bits per heavy atom. The highest BCUT2D eigenvalue weighted by molar-refractivity contribution is 5.94. The van der Waals surface area contributed by atoms with E-state index >= 15 is 0 Å². The molecule has 1 aliphatic rings. The minimum atomic E-state index is 0.140. The van der Waals surface area contributed by atoms with Gasteiger partial charge in [-0.2, -0.15) is 5.10 Å². The van der Waals surface area contributed by atoms with E-state index in [2.05, 4.69) is 49.9 Å². The highest BCUT2D eigenvalue weighted by Gasteiger charge is 2.24. The molecule has 1 amide bonds. The Morgan fingerprint density at radius 1 is 0.933 bits per heavy atom. The van der Waals surface area contributed by atoms with Gasteiger partial charge in [0.05, 0.1) is 11.4 Å². The summed E-state index contributed by atoms with van der Waals surface area (Å²) in [6.45, 7) is 10.5. The first-order valence-corrected chi connectivity index (χ1v) is 10.8. The fraction of sp³-hybridized carbons (Fsp3) is 0.360. The summed E-state index contributed by atoms with van der Waals surface area (Å²) in [4.78, 5) is 17.2. The number of carbonyl (C=O) groups excluding carboxylic acids is 1. The van der Waals surface area contributed by atoms with E-state index in [4.69, 9.17) is 5.10 Å². The van der Waals surface area contributed by atoms with Crippen molar-refractivity contribution in [1.29, 1.82) is 0 Å². The molecule has 0 saturated carbocycles. The second kappa shape index (κ2) is 8.84. The zero-order valence-electron chi connectivity index (χ0n) is 18.1. The topological polar surface area (TPSA) is 41.4 Å². The molecule has 2 heterocycles. The van der Waals surface area contributed by atoms with Gasteiger partial charge >= 0.3 is 0 Å². The summed E-state index contributed by atoms with van der Waals surface area (Å²) >= 11 is 0. The lowest BCUT2D eigenvalue weighted by Crippen LogP contribution is -2.48. The molecule has 156 valence electrons. The van der Waals surface area contributed by atoms with Crippen molar-refractivity contribution in [2.45, 2.75) is 33.7 Å². The zero-order valence-corrected chi connectivity index (χ0v) is 18.1. The number of rotatable bonds is 5. The van der Waals surface area contributed by atoms with Gasteiger partial charge in [0.1, 0.15) is 0 Å². The smallest absolute Gasteiger partial charge is 0.253 e. The van der Waals surface area contributed by atoms with E-state index in [1.165, 1.54) is 16.8 Å². The number of carbonyl (C=O) groups is 1. The van der Waals surface area contributed by atoms with Gasteiger partial charge in [-0.15, -0.1) is 0 Å². The molecule has 0 N–H and O–H groups in total. The van der Waals surface area contributed by atoms with Gasteiger partial charge in [0.2, 0.25) is 0 Å².